The van der Waals surface area contributed by atoms with Crippen molar-refractivity contribution in [1.82, 2.24) is 10.3 Å². The summed E-state index contributed by atoms with van der Waals surface area (Å²) in [4.78, 5) is 15.5. The van der Waals surface area contributed by atoms with Gasteiger partial charge in [0, 0.05) is 18.4 Å². The van der Waals surface area contributed by atoms with Crippen molar-refractivity contribution in [1.29, 1.82) is 0 Å². The molecule has 1 aromatic carbocycles. The van der Waals surface area contributed by atoms with Crippen LogP contribution in [0.2, 0.25) is 0 Å². The quantitative estimate of drug-likeness (QED) is 0.846. The van der Waals surface area contributed by atoms with E-state index in [-0.39, 0.29) is 12.8 Å². The molecule has 24 heavy (non-hydrogen) atoms. The number of hydrogen-bond donors (Lipinski definition) is 2. The maximum absolute atomic E-state index is 12.1. The summed E-state index contributed by atoms with van der Waals surface area (Å²) in [6.45, 7) is 1.09. The lowest BCUT2D eigenvalue weighted by Gasteiger charge is -2.14. The van der Waals surface area contributed by atoms with E-state index in [2.05, 4.69) is 4.98 Å². The summed E-state index contributed by atoms with van der Waals surface area (Å²) in [5, 5.41) is 10.8. The van der Waals surface area contributed by atoms with E-state index >= 15 is 0 Å². The maximum Gasteiger partial charge on any atom is 0.416 e. The molecule has 0 bridgehead atoms. The van der Waals surface area contributed by atoms with Crippen LogP contribution in [-0.4, -0.2) is 34.8 Å². The highest BCUT2D eigenvalue weighted by Gasteiger charge is 2.38. The van der Waals surface area contributed by atoms with Crippen molar-refractivity contribution < 1.29 is 27.5 Å². The predicted octanol–water partition coefficient (Wildman–Crippen LogP) is 2.62. The Morgan fingerprint density at radius 2 is 2.00 bits per heavy atom. The molecule has 0 fully saturated rings. The Kier molecular flexibility index (Phi) is 5.61. The van der Waals surface area contributed by atoms with Crippen molar-refractivity contribution in [3.8, 4) is 11.3 Å². The molecular weight excluding hydrogens is 325 g/mol. The Balaban J connectivity index is 1.82. The first kappa shape index (κ1) is 18.0. The number of aliphatic hydroxyl groups excluding tert-OH is 1. The van der Waals surface area contributed by atoms with Crippen LogP contribution in [0, 0.1) is 6.92 Å². The lowest BCUT2D eigenvalue weighted by molar-refractivity contribution is -0.201. The molecule has 2 aromatic rings. The molecule has 0 unspecified atom stereocenters. The Bertz CT molecular complexity index is 681. The third kappa shape index (κ3) is 5.09. The second-order valence-corrected chi connectivity index (χ2v) is 5.35. The zero-order chi connectivity index (χ0) is 17.7. The first-order valence-electron chi connectivity index (χ1n) is 7.29. The van der Waals surface area contributed by atoms with Crippen LogP contribution in [-0.2, 0) is 11.2 Å². The molecular formula is C16H17F3N2O3. The summed E-state index contributed by atoms with van der Waals surface area (Å²) in [6, 6.07) is 7.61. The van der Waals surface area contributed by atoms with Crippen molar-refractivity contribution in [3.63, 3.8) is 0 Å². The second kappa shape index (κ2) is 7.48. The van der Waals surface area contributed by atoms with Crippen LogP contribution in [0.25, 0.3) is 11.3 Å². The van der Waals surface area contributed by atoms with Crippen LogP contribution in [0.5, 0.6) is 0 Å². The van der Waals surface area contributed by atoms with Crippen molar-refractivity contribution in [2.24, 2.45) is 0 Å². The van der Waals surface area contributed by atoms with Gasteiger partial charge in [0.25, 0.3) is 0 Å². The predicted molar refractivity (Wildman–Crippen MR) is 80.1 cm³/mol. The number of aromatic nitrogens is 1. The van der Waals surface area contributed by atoms with E-state index < -0.39 is 24.7 Å². The highest BCUT2D eigenvalue weighted by atomic mass is 19.4. The SMILES string of the molecule is Cc1ccc(-c2cnc(CCC(=O)NC[C@H](O)C(F)(F)F)o2)cc1. The summed E-state index contributed by atoms with van der Waals surface area (Å²) in [6.07, 6.45) is -5.72. The topological polar surface area (TPSA) is 75.4 Å². The van der Waals surface area contributed by atoms with E-state index in [0.717, 1.165) is 11.1 Å². The van der Waals surface area contributed by atoms with E-state index in [9.17, 15) is 18.0 Å². The van der Waals surface area contributed by atoms with Crippen LogP contribution in [0.1, 0.15) is 17.9 Å². The summed E-state index contributed by atoms with van der Waals surface area (Å²) in [5.74, 6) is 0.253. The molecule has 0 saturated carbocycles. The molecule has 2 rings (SSSR count). The highest BCUT2D eigenvalue weighted by molar-refractivity contribution is 5.76. The van der Waals surface area contributed by atoms with Crippen molar-refractivity contribution >= 4 is 5.91 Å². The number of rotatable bonds is 6. The Morgan fingerprint density at radius 3 is 2.62 bits per heavy atom. The van der Waals surface area contributed by atoms with Gasteiger partial charge in [-0.25, -0.2) is 4.98 Å². The number of halogens is 3. The number of carbonyl (C=O) groups excluding carboxylic acids is 1. The number of benzene rings is 1. The van der Waals surface area contributed by atoms with Gasteiger partial charge in [-0.1, -0.05) is 29.8 Å². The summed E-state index contributed by atoms with van der Waals surface area (Å²) in [5.41, 5.74) is 1.95. The molecule has 1 heterocycles. The number of aliphatic hydroxyl groups is 1. The van der Waals surface area contributed by atoms with E-state index in [4.69, 9.17) is 9.52 Å². The van der Waals surface area contributed by atoms with E-state index in [1.165, 1.54) is 6.20 Å². The number of aryl methyl sites for hydroxylation is 2. The van der Waals surface area contributed by atoms with Gasteiger partial charge in [-0.3, -0.25) is 4.79 Å². The highest BCUT2D eigenvalue weighted by Crippen LogP contribution is 2.21. The lowest BCUT2D eigenvalue weighted by Crippen LogP contribution is -2.40. The first-order valence-corrected chi connectivity index (χ1v) is 7.29. The third-order valence-electron chi connectivity index (χ3n) is 3.33. The maximum atomic E-state index is 12.1. The summed E-state index contributed by atoms with van der Waals surface area (Å²) >= 11 is 0. The van der Waals surface area contributed by atoms with Gasteiger partial charge in [-0.15, -0.1) is 0 Å². The Morgan fingerprint density at radius 1 is 1.33 bits per heavy atom. The molecule has 1 atom stereocenters. The monoisotopic (exact) mass is 342 g/mol. The fraction of sp³-hybridized carbons (Fsp3) is 0.375. The average Bonchev–Trinajstić information content (AvgIpc) is 2.99. The summed E-state index contributed by atoms with van der Waals surface area (Å²) < 4.78 is 41.9. The third-order valence-corrected chi connectivity index (χ3v) is 3.33. The Hall–Kier alpha value is -2.35. The molecule has 0 aliphatic carbocycles. The molecule has 0 aliphatic rings. The standard InChI is InChI=1S/C16H17F3N2O3/c1-10-2-4-11(5-3-10)12-8-21-15(24-12)7-6-14(23)20-9-13(22)16(17,18)19/h2-5,8,13,22H,6-7,9H2,1H3,(H,20,23)/t13-/m0/s1. The zero-order valence-corrected chi connectivity index (χ0v) is 12.9. The number of carbonyl (C=O) groups is 1. The van der Waals surface area contributed by atoms with E-state index in [0.29, 0.717) is 11.7 Å². The average molecular weight is 342 g/mol. The van der Waals surface area contributed by atoms with Gasteiger partial charge in [-0.05, 0) is 6.92 Å². The number of alkyl halides is 3. The van der Waals surface area contributed by atoms with Gasteiger partial charge < -0.3 is 14.8 Å². The molecule has 1 aromatic heterocycles. The number of nitrogens with one attached hydrogen (secondary N) is 1. The van der Waals surface area contributed by atoms with Gasteiger partial charge in [0.15, 0.2) is 17.8 Å². The largest absolute Gasteiger partial charge is 0.441 e. The lowest BCUT2D eigenvalue weighted by atomic mass is 10.1. The van der Waals surface area contributed by atoms with Crippen LogP contribution in [0.15, 0.2) is 34.9 Å². The van der Waals surface area contributed by atoms with Crippen molar-refractivity contribution in [2.45, 2.75) is 32.0 Å². The van der Waals surface area contributed by atoms with Gasteiger partial charge in [-0.2, -0.15) is 13.2 Å². The van der Waals surface area contributed by atoms with E-state index in [1.54, 1.807) is 0 Å². The fourth-order valence-electron chi connectivity index (χ4n) is 1.91. The van der Waals surface area contributed by atoms with Crippen molar-refractivity contribution in [3.05, 3.63) is 41.9 Å². The van der Waals surface area contributed by atoms with Gasteiger partial charge >= 0.3 is 6.18 Å². The molecule has 0 saturated heterocycles. The van der Waals surface area contributed by atoms with Gasteiger partial charge in [0.05, 0.1) is 12.7 Å². The fourth-order valence-corrected chi connectivity index (χ4v) is 1.91. The number of amides is 1. The molecule has 1 amide bonds. The molecule has 130 valence electrons. The van der Waals surface area contributed by atoms with Crippen LogP contribution in [0.4, 0.5) is 13.2 Å². The molecule has 0 aliphatic heterocycles. The van der Waals surface area contributed by atoms with Crippen LogP contribution >= 0.6 is 0 Å². The van der Waals surface area contributed by atoms with Crippen molar-refractivity contribution in [2.75, 3.05) is 6.54 Å². The van der Waals surface area contributed by atoms with Gasteiger partial charge in [0.1, 0.15) is 0 Å². The molecule has 2 N–H and O–H groups in total. The molecule has 5 nitrogen and oxygen atoms in total. The summed E-state index contributed by atoms with van der Waals surface area (Å²) in [7, 11) is 0. The first-order chi connectivity index (χ1) is 11.3. The minimum atomic E-state index is -4.75. The van der Waals surface area contributed by atoms with Gasteiger partial charge in [0.2, 0.25) is 5.91 Å². The minimum absolute atomic E-state index is 0.0849. The zero-order valence-electron chi connectivity index (χ0n) is 12.9. The van der Waals surface area contributed by atoms with Crippen LogP contribution < -0.4 is 5.32 Å². The smallest absolute Gasteiger partial charge is 0.416 e. The number of nitrogens with zero attached hydrogens (tertiary/aromatic N) is 1. The molecule has 8 heteroatoms. The number of oxazole rings is 1. The van der Waals surface area contributed by atoms with E-state index in [1.807, 2.05) is 36.5 Å². The second-order valence-electron chi connectivity index (χ2n) is 5.35. The van der Waals surface area contributed by atoms with Crippen LogP contribution in [0.3, 0.4) is 0 Å². The Labute approximate surface area is 136 Å². The molecule has 0 radical (unpaired) electrons. The normalized spacial score (nSPS) is 12.9. The minimum Gasteiger partial charge on any atom is -0.441 e. The molecule has 0 spiro atoms. The number of hydrogen-bond acceptors (Lipinski definition) is 4.